The largest absolute Gasteiger partial charge is 0.344 e. The van der Waals surface area contributed by atoms with Crippen molar-refractivity contribution in [3.63, 3.8) is 0 Å². The molecule has 1 saturated carbocycles. The Hall–Kier alpha value is -2.00. The van der Waals surface area contributed by atoms with Gasteiger partial charge in [-0.3, -0.25) is 4.57 Å². The topological polar surface area (TPSA) is 74.5 Å². The molecule has 5 nitrogen and oxygen atoms in total. The van der Waals surface area contributed by atoms with Crippen LogP contribution < -0.4 is 5.69 Å². The monoisotopic (exact) mass is 258 g/mol. The van der Waals surface area contributed by atoms with Crippen LogP contribution in [0.2, 0.25) is 0 Å². The average Bonchev–Trinajstić information content (AvgIpc) is 3.16. The number of nitrogens with zero attached hydrogens (tertiary/aromatic N) is 3. The second-order valence-electron chi connectivity index (χ2n) is 4.15. The molecule has 3 rings (SSSR count). The fourth-order valence-electron chi connectivity index (χ4n) is 1.72. The summed E-state index contributed by atoms with van der Waals surface area (Å²) in [5.41, 5.74) is 0.481. The smallest absolute Gasteiger partial charge is 0.267 e. The summed E-state index contributed by atoms with van der Waals surface area (Å²) in [7, 11) is 0. The summed E-state index contributed by atoms with van der Waals surface area (Å²) in [6.07, 6.45) is 2.08. The van der Waals surface area contributed by atoms with Crippen LogP contribution in [0.25, 0.3) is 0 Å². The Kier molecular flexibility index (Phi) is 2.68. The SMILES string of the molecule is N#Cc1ccc(Sc2n[nH]c(=O)n2C2CC2)cc1. The molecular formula is C12H10N4OS. The third-order valence-electron chi connectivity index (χ3n) is 2.78. The summed E-state index contributed by atoms with van der Waals surface area (Å²) in [6.45, 7) is 0. The third-order valence-corrected chi connectivity index (χ3v) is 3.76. The molecule has 0 atom stereocenters. The van der Waals surface area contributed by atoms with Gasteiger partial charge >= 0.3 is 5.69 Å². The maximum Gasteiger partial charge on any atom is 0.344 e. The number of nitriles is 1. The standard InChI is InChI=1S/C12H10N4OS/c13-7-8-1-5-10(6-2-8)18-12-15-14-11(17)16(12)9-3-4-9/h1-2,5-6,9H,3-4H2,(H,14,17). The average molecular weight is 258 g/mol. The number of aromatic nitrogens is 3. The van der Waals surface area contributed by atoms with E-state index >= 15 is 0 Å². The van der Waals surface area contributed by atoms with E-state index in [4.69, 9.17) is 5.26 Å². The Bertz CT molecular complexity index is 661. The van der Waals surface area contributed by atoms with Gasteiger partial charge in [0.1, 0.15) is 0 Å². The van der Waals surface area contributed by atoms with Crippen LogP contribution >= 0.6 is 11.8 Å². The first-order valence-corrected chi connectivity index (χ1v) is 6.44. The minimum absolute atomic E-state index is 0.145. The van der Waals surface area contributed by atoms with Gasteiger partial charge in [0.25, 0.3) is 0 Å². The molecule has 0 saturated heterocycles. The third kappa shape index (κ3) is 2.05. The highest BCUT2D eigenvalue weighted by Crippen LogP contribution is 2.37. The van der Waals surface area contributed by atoms with Gasteiger partial charge in [-0.15, -0.1) is 5.10 Å². The molecule has 0 spiro atoms. The molecule has 0 bridgehead atoms. The predicted molar refractivity (Wildman–Crippen MR) is 66.4 cm³/mol. The Morgan fingerprint density at radius 1 is 1.39 bits per heavy atom. The molecule has 0 amide bonds. The predicted octanol–water partition coefficient (Wildman–Crippen LogP) is 1.93. The van der Waals surface area contributed by atoms with Gasteiger partial charge in [0.2, 0.25) is 0 Å². The van der Waals surface area contributed by atoms with Gasteiger partial charge in [0.05, 0.1) is 11.6 Å². The number of H-pyrrole nitrogens is 1. The summed E-state index contributed by atoms with van der Waals surface area (Å²) in [5, 5.41) is 15.9. The van der Waals surface area contributed by atoms with E-state index in [0.717, 1.165) is 17.7 Å². The van der Waals surface area contributed by atoms with Crippen molar-refractivity contribution in [3.05, 3.63) is 40.3 Å². The van der Waals surface area contributed by atoms with Crippen molar-refractivity contribution >= 4 is 11.8 Å². The van der Waals surface area contributed by atoms with E-state index in [2.05, 4.69) is 16.3 Å². The fraction of sp³-hybridized carbons (Fsp3) is 0.250. The lowest BCUT2D eigenvalue weighted by Crippen LogP contribution is -2.15. The van der Waals surface area contributed by atoms with Crippen LogP contribution in [-0.4, -0.2) is 14.8 Å². The summed E-state index contributed by atoms with van der Waals surface area (Å²) < 4.78 is 1.71. The zero-order chi connectivity index (χ0) is 12.5. The maximum atomic E-state index is 11.6. The molecule has 0 unspecified atom stereocenters. The Balaban J connectivity index is 1.88. The Labute approximate surface area is 107 Å². The second-order valence-corrected chi connectivity index (χ2v) is 5.19. The quantitative estimate of drug-likeness (QED) is 0.912. The lowest BCUT2D eigenvalue weighted by molar-refractivity contribution is 0.642. The molecule has 2 aromatic rings. The fourth-order valence-corrected chi connectivity index (χ4v) is 2.62. The number of hydrogen-bond acceptors (Lipinski definition) is 4. The molecule has 1 fully saturated rings. The molecular weight excluding hydrogens is 248 g/mol. The van der Waals surface area contributed by atoms with Crippen molar-refractivity contribution in [2.75, 3.05) is 0 Å². The molecule has 1 N–H and O–H groups in total. The van der Waals surface area contributed by atoms with Crippen LogP contribution in [0.1, 0.15) is 24.4 Å². The van der Waals surface area contributed by atoms with Crippen LogP contribution in [-0.2, 0) is 0 Å². The van der Waals surface area contributed by atoms with Crippen molar-refractivity contribution in [3.8, 4) is 6.07 Å². The van der Waals surface area contributed by atoms with Crippen LogP contribution in [0.5, 0.6) is 0 Å². The Morgan fingerprint density at radius 3 is 2.72 bits per heavy atom. The van der Waals surface area contributed by atoms with Gasteiger partial charge in [-0.1, -0.05) is 0 Å². The highest BCUT2D eigenvalue weighted by molar-refractivity contribution is 7.99. The minimum Gasteiger partial charge on any atom is -0.267 e. The van der Waals surface area contributed by atoms with Gasteiger partial charge in [-0.05, 0) is 48.9 Å². The van der Waals surface area contributed by atoms with Crippen molar-refractivity contribution in [2.45, 2.75) is 28.9 Å². The molecule has 1 aromatic heterocycles. The minimum atomic E-state index is -0.145. The summed E-state index contributed by atoms with van der Waals surface area (Å²) >= 11 is 1.43. The summed E-state index contributed by atoms with van der Waals surface area (Å²) in [6, 6.07) is 9.62. The molecule has 6 heteroatoms. The highest BCUT2D eigenvalue weighted by Gasteiger charge is 2.28. The number of nitrogens with one attached hydrogen (secondary N) is 1. The number of hydrogen-bond donors (Lipinski definition) is 1. The Morgan fingerprint density at radius 2 is 2.11 bits per heavy atom. The summed E-state index contributed by atoms with van der Waals surface area (Å²) in [5.74, 6) is 0. The van der Waals surface area contributed by atoms with Crippen LogP contribution in [0.4, 0.5) is 0 Å². The molecule has 1 aliphatic carbocycles. The molecule has 0 radical (unpaired) electrons. The van der Waals surface area contributed by atoms with Gasteiger partial charge in [-0.25, -0.2) is 9.89 Å². The first-order valence-electron chi connectivity index (χ1n) is 5.63. The molecule has 1 aromatic carbocycles. The molecule has 90 valence electrons. The van der Waals surface area contributed by atoms with E-state index in [9.17, 15) is 4.79 Å². The van der Waals surface area contributed by atoms with E-state index in [1.54, 1.807) is 16.7 Å². The van der Waals surface area contributed by atoms with Gasteiger partial charge in [0, 0.05) is 10.9 Å². The number of aromatic amines is 1. The van der Waals surface area contributed by atoms with Crippen molar-refractivity contribution in [1.82, 2.24) is 14.8 Å². The van der Waals surface area contributed by atoms with Crippen molar-refractivity contribution in [1.29, 1.82) is 5.26 Å². The van der Waals surface area contributed by atoms with Gasteiger partial charge < -0.3 is 0 Å². The van der Waals surface area contributed by atoms with Crippen LogP contribution in [0.15, 0.2) is 39.1 Å². The zero-order valence-electron chi connectivity index (χ0n) is 9.46. The van der Waals surface area contributed by atoms with E-state index in [1.165, 1.54) is 11.8 Å². The molecule has 1 heterocycles. The van der Waals surface area contributed by atoms with Gasteiger partial charge in [-0.2, -0.15) is 5.26 Å². The molecule has 1 aliphatic rings. The lowest BCUT2D eigenvalue weighted by atomic mass is 10.2. The van der Waals surface area contributed by atoms with E-state index in [-0.39, 0.29) is 5.69 Å². The van der Waals surface area contributed by atoms with Crippen LogP contribution in [0, 0.1) is 11.3 Å². The first kappa shape index (κ1) is 11.1. The van der Waals surface area contributed by atoms with Crippen LogP contribution in [0.3, 0.4) is 0 Å². The van der Waals surface area contributed by atoms with E-state index in [1.807, 2.05) is 12.1 Å². The normalized spacial score (nSPS) is 14.4. The highest BCUT2D eigenvalue weighted by atomic mass is 32.2. The first-order chi connectivity index (χ1) is 8.78. The lowest BCUT2D eigenvalue weighted by Gasteiger charge is -2.03. The zero-order valence-corrected chi connectivity index (χ0v) is 10.3. The molecule has 18 heavy (non-hydrogen) atoms. The number of benzene rings is 1. The van der Waals surface area contributed by atoms with E-state index < -0.39 is 0 Å². The summed E-state index contributed by atoms with van der Waals surface area (Å²) in [4.78, 5) is 12.6. The second kappa shape index (κ2) is 4.35. The van der Waals surface area contributed by atoms with Gasteiger partial charge in [0.15, 0.2) is 5.16 Å². The van der Waals surface area contributed by atoms with Crippen molar-refractivity contribution in [2.24, 2.45) is 0 Å². The maximum absolute atomic E-state index is 11.6. The molecule has 0 aliphatic heterocycles. The van der Waals surface area contributed by atoms with E-state index in [0.29, 0.717) is 16.8 Å². The number of rotatable bonds is 3. The van der Waals surface area contributed by atoms with Crippen molar-refractivity contribution < 1.29 is 0 Å².